The monoisotopic (exact) mass is 203 g/mol. The first-order chi connectivity index (χ1) is 7.29. The van der Waals surface area contributed by atoms with E-state index in [1.165, 1.54) is 6.07 Å². The Morgan fingerprint density at radius 2 is 2.07 bits per heavy atom. The maximum Gasteiger partial charge on any atom is 0.251 e. The lowest BCUT2D eigenvalue weighted by Gasteiger charge is -2.00. The third-order valence-electron chi connectivity index (χ3n) is 1.78. The highest BCUT2D eigenvalue weighted by molar-refractivity contribution is 5.41. The second kappa shape index (κ2) is 3.97. The zero-order valence-electron chi connectivity index (χ0n) is 7.84. The van der Waals surface area contributed by atoms with Gasteiger partial charge >= 0.3 is 0 Å². The summed E-state index contributed by atoms with van der Waals surface area (Å²) in [6.07, 6.45) is 3.16. The Kier molecular flexibility index (Phi) is 2.51. The molecule has 6 nitrogen and oxygen atoms in total. The molecule has 0 saturated carbocycles. The Morgan fingerprint density at radius 1 is 1.33 bits per heavy atom. The lowest BCUT2D eigenvalue weighted by atomic mass is 10.4. The largest absolute Gasteiger partial charge is 0.325 e. The average molecular weight is 203 g/mol. The summed E-state index contributed by atoms with van der Waals surface area (Å²) in [4.78, 5) is 25.9. The summed E-state index contributed by atoms with van der Waals surface area (Å²) in [5.41, 5.74) is 5.67. The molecule has 2 aromatic rings. The fraction of sp³-hybridized carbons (Fsp3) is 0.111. The average Bonchev–Trinajstić information content (AvgIpc) is 2.29. The van der Waals surface area contributed by atoms with E-state index < -0.39 is 0 Å². The summed E-state index contributed by atoms with van der Waals surface area (Å²) >= 11 is 0. The Hall–Kier alpha value is -2.08. The van der Waals surface area contributed by atoms with E-state index in [-0.39, 0.29) is 12.1 Å². The van der Waals surface area contributed by atoms with Crippen LogP contribution in [0.25, 0.3) is 11.6 Å². The summed E-state index contributed by atoms with van der Waals surface area (Å²) in [5.74, 6) is 0.716. The van der Waals surface area contributed by atoms with Gasteiger partial charge in [0.25, 0.3) is 5.56 Å². The SMILES string of the molecule is NCc1cc(=O)[nH]c(-c2ncccn2)n1. The van der Waals surface area contributed by atoms with Crippen molar-refractivity contribution in [2.45, 2.75) is 6.54 Å². The van der Waals surface area contributed by atoms with Crippen molar-refractivity contribution >= 4 is 0 Å². The third-order valence-corrected chi connectivity index (χ3v) is 1.78. The predicted octanol–water partition coefficient (Wildman–Crippen LogP) is -0.314. The van der Waals surface area contributed by atoms with Gasteiger partial charge in [-0.2, -0.15) is 0 Å². The fourth-order valence-electron chi connectivity index (χ4n) is 1.14. The van der Waals surface area contributed by atoms with Gasteiger partial charge in [0.2, 0.25) is 0 Å². The molecule has 2 heterocycles. The summed E-state index contributed by atoms with van der Waals surface area (Å²) in [7, 11) is 0. The van der Waals surface area contributed by atoms with Crippen LogP contribution in [0.1, 0.15) is 5.69 Å². The summed E-state index contributed by atoms with van der Waals surface area (Å²) in [6.45, 7) is 0.212. The van der Waals surface area contributed by atoms with Crippen molar-refractivity contribution in [1.29, 1.82) is 0 Å². The topological polar surface area (TPSA) is 97.6 Å². The van der Waals surface area contributed by atoms with E-state index in [1.807, 2.05) is 0 Å². The minimum Gasteiger partial charge on any atom is -0.325 e. The van der Waals surface area contributed by atoms with Crippen LogP contribution >= 0.6 is 0 Å². The molecular weight excluding hydrogens is 194 g/mol. The van der Waals surface area contributed by atoms with Crippen molar-refractivity contribution in [3.63, 3.8) is 0 Å². The van der Waals surface area contributed by atoms with E-state index in [2.05, 4.69) is 19.9 Å². The molecule has 0 spiro atoms. The lowest BCUT2D eigenvalue weighted by molar-refractivity contribution is 0.942. The van der Waals surface area contributed by atoms with E-state index in [4.69, 9.17) is 5.73 Å². The van der Waals surface area contributed by atoms with Crippen molar-refractivity contribution in [2.75, 3.05) is 0 Å². The van der Waals surface area contributed by atoms with E-state index >= 15 is 0 Å². The number of nitrogens with two attached hydrogens (primary N) is 1. The molecule has 0 fully saturated rings. The van der Waals surface area contributed by atoms with Crippen LogP contribution in [0, 0.1) is 0 Å². The Bertz CT molecular complexity index is 507. The van der Waals surface area contributed by atoms with E-state index in [1.54, 1.807) is 18.5 Å². The van der Waals surface area contributed by atoms with Crippen molar-refractivity contribution in [3.8, 4) is 11.6 Å². The maximum absolute atomic E-state index is 11.2. The van der Waals surface area contributed by atoms with E-state index in [0.29, 0.717) is 17.3 Å². The van der Waals surface area contributed by atoms with Gasteiger partial charge in [0, 0.05) is 25.0 Å². The summed E-state index contributed by atoms with van der Waals surface area (Å²) in [6, 6.07) is 3.04. The van der Waals surface area contributed by atoms with Gasteiger partial charge in [-0.25, -0.2) is 15.0 Å². The van der Waals surface area contributed by atoms with Gasteiger partial charge in [0.05, 0.1) is 5.69 Å². The number of aromatic amines is 1. The van der Waals surface area contributed by atoms with Crippen LogP contribution in [0.4, 0.5) is 0 Å². The number of hydrogen-bond donors (Lipinski definition) is 2. The van der Waals surface area contributed by atoms with Crippen molar-refractivity contribution in [3.05, 3.63) is 40.6 Å². The fourth-order valence-corrected chi connectivity index (χ4v) is 1.14. The third kappa shape index (κ3) is 2.05. The highest BCUT2D eigenvalue weighted by atomic mass is 16.1. The molecule has 0 amide bonds. The molecule has 0 aliphatic heterocycles. The molecule has 76 valence electrons. The smallest absolute Gasteiger partial charge is 0.251 e. The molecule has 0 aliphatic carbocycles. The van der Waals surface area contributed by atoms with Crippen LogP contribution in [0.15, 0.2) is 29.3 Å². The summed E-state index contributed by atoms with van der Waals surface area (Å²) < 4.78 is 0. The van der Waals surface area contributed by atoms with Gasteiger partial charge in [-0.05, 0) is 6.07 Å². The van der Waals surface area contributed by atoms with Gasteiger partial charge < -0.3 is 10.7 Å². The highest BCUT2D eigenvalue weighted by Gasteiger charge is 2.04. The second-order valence-corrected chi connectivity index (χ2v) is 2.86. The first kappa shape index (κ1) is 9.47. The molecule has 6 heteroatoms. The normalized spacial score (nSPS) is 10.2. The van der Waals surface area contributed by atoms with E-state index in [0.717, 1.165) is 0 Å². The number of H-pyrrole nitrogens is 1. The predicted molar refractivity (Wildman–Crippen MR) is 53.8 cm³/mol. The maximum atomic E-state index is 11.2. The van der Waals surface area contributed by atoms with Crippen molar-refractivity contribution in [1.82, 2.24) is 19.9 Å². The van der Waals surface area contributed by atoms with E-state index in [9.17, 15) is 4.79 Å². The number of aromatic nitrogens is 4. The van der Waals surface area contributed by atoms with Crippen LogP contribution in [0.5, 0.6) is 0 Å². The minimum atomic E-state index is -0.257. The Morgan fingerprint density at radius 3 is 2.73 bits per heavy atom. The van der Waals surface area contributed by atoms with Gasteiger partial charge in [-0.15, -0.1) is 0 Å². The number of nitrogens with zero attached hydrogens (tertiary/aromatic N) is 3. The van der Waals surface area contributed by atoms with Gasteiger partial charge in [-0.1, -0.05) is 0 Å². The zero-order chi connectivity index (χ0) is 10.7. The molecule has 0 unspecified atom stereocenters. The second-order valence-electron chi connectivity index (χ2n) is 2.86. The molecule has 2 aromatic heterocycles. The van der Waals surface area contributed by atoms with Crippen LogP contribution < -0.4 is 11.3 Å². The summed E-state index contributed by atoms with van der Waals surface area (Å²) in [5, 5.41) is 0. The molecule has 2 rings (SSSR count). The number of rotatable bonds is 2. The Labute approximate surface area is 85.2 Å². The first-order valence-corrected chi connectivity index (χ1v) is 4.37. The van der Waals surface area contributed by atoms with Crippen LogP contribution in [-0.2, 0) is 6.54 Å². The van der Waals surface area contributed by atoms with Crippen molar-refractivity contribution < 1.29 is 0 Å². The molecule has 0 atom stereocenters. The Balaban J connectivity index is 2.54. The highest BCUT2D eigenvalue weighted by Crippen LogP contribution is 2.04. The van der Waals surface area contributed by atoms with Gasteiger partial charge in [0.1, 0.15) is 0 Å². The number of nitrogens with one attached hydrogen (secondary N) is 1. The first-order valence-electron chi connectivity index (χ1n) is 4.37. The minimum absolute atomic E-state index is 0.212. The molecule has 0 radical (unpaired) electrons. The standard InChI is InChI=1S/C9H9N5O/c10-5-6-4-7(15)14-9(13-6)8-11-2-1-3-12-8/h1-4H,5,10H2,(H,13,14,15). The molecular formula is C9H9N5O. The van der Waals surface area contributed by atoms with Crippen LogP contribution in [0.2, 0.25) is 0 Å². The molecule has 0 aromatic carbocycles. The van der Waals surface area contributed by atoms with Crippen LogP contribution in [0.3, 0.4) is 0 Å². The van der Waals surface area contributed by atoms with Gasteiger partial charge in [-0.3, -0.25) is 4.79 Å². The lowest BCUT2D eigenvalue weighted by Crippen LogP contribution is -2.13. The quantitative estimate of drug-likeness (QED) is 0.697. The van der Waals surface area contributed by atoms with Crippen molar-refractivity contribution in [2.24, 2.45) is 5.73 Å². The molecule has 15 heavy (non-hydrogen) atoms. The molecule has 0 saturated heterocycles. The number of hydrogen-bond acceptors (Lipinski definition) is 5. The molecule has 0 aliphatic rings. The van der Waals surface area contributed by atoms with Crippen LogP contribution in [-0.4, -0.2) is 19.9 Å². The molecule has 3 N–H and O–H groups in total. The van der Waals surface area contributed by atoms with Gasteiger partial charge in [0.15, 0.2) is 11.6 Å². The zero-order valence-corrected chi connectivity index (χ0v) is 7.84. The molecule has 0 bridgehead atoms.